The molecule has 0 bridgehead atoms. The molecule has 0 spiro atoms. The van der Waals surface area contributed by atoms with Crippen LogP contribution >= 0.6 is 12.2 Å². The summed E-state index contributed by atoms with van der Waals surface area (Å²) >= 11 is 5.30. The zero-order chi connectivity index (χ0) is 15.8. The first-order valence-corrected chi connectivity index (χ1v) is 7.65. The molecule has 2 aromatic rings. The van der Waals surface area contributed by atoms with Crippen molar-refractivity contribution in [2.24, 2.45) is 0 Å². The summed E-state index contributed by atoms with van der Waals surface area (Å²) in [4.78, 5) is 0. The molecule has 2 rings (SSSR count). The van der Waals surface area contributed by atoms with E-state index in [1.54, 1.807) is 0 Å². The van der Waals surface area contributed by atoms with Crippen LogP contribution in [0.3, 0.4) is 0 Å². The summed E-state index contributed by atoms with van der Waals surface area (Å²) in [7, 11) is 0. The average Bonchev–Trinajstić information content (AvgIpc) is 2.52. The first-order chi connectivity index (χ1) is 10.7. The molecule has 0 atom stereocenters. The molecule has 0 radical (unpaired) electrons. The van der Waals surface area contributed by atoms with Crippen molar-refractivity contribution in [2.45, 2.75) is 13.8 Å². The van der Waals surface area contributed by atoms with Gasteiger partial charge in [-0.05, 0) is 74.6 Å². The number of hydrogen-bond acceptors (Lipinski definition) is 4. The second kappa shape index (κ2) is 11.9. The van der Waals surface area contributed by atoms with Crippen molar-refractivity contribution in [2.75, 3.05) is 23.8 Å². The molecule has 128 valence electrons. The topological polar surface area (TPSA) is 77.5 Å². The number of benzene rings is 2. The number of anilines is 2. The monoisotopic (exact) mass is 359 g/mol. The van der Waals surface area contributed by atoms with Gasteiger partial charge in [-0.2, -0.15) is 0 Å². The Morgan fingerprint density at radius 2 is 1.17 bits per heavy atom. The van der Waals surface area contributed by atoms with E-state index in [0.717, 1.165) is 22.9 Å². The summed E-state index contributed by atoms with van der Waals surface area (Å²) < 4.78 is 10.8. The van der Waals surface area contributed by atoms with E-state index >= 15 is 0 Å². The van der Waals surface area contributed by atoms with Gasteiger partial charge in [0.25, 0.3) is 0 Å². The zero-order valence-electron chi connectivity index (χ0n) is 16.2. The molecule has 5 N–H and O–H groups in total. The Morgan fingerprint density at radius 1 is 0.833 bits per heavy atom. The van der Waals surface area contributed by atoms with Crippen molar-refractivity contribution < 1.29 is 12.3 Å². The standard InChI is InChI=1S/C17H20N2O2S.Mg.H3N.2H/c1-3-20-15-9-5-13(6-10-15)18-17(22)19-14-7-11-16(12-8-14)21-4-2;;;;/h5-12H,3-4H2,1-2H3,(H2,18,19,22);;1H3;;/q;+2;;2*-1. The molecule has 0 aliphatic heterocycles. The minimum atomic E-state index is 0. The first kappa shape index (κ1) is 22.5. The maximum absolute atomic E-state index is 5.40. The second-order valence-corrected chi connectivity index (χ2v) is 4.90. The molecular weight excluding hydrogens is 335 g/mol. The summed E-state index contributed by atoms with van der Waals surface area (Å²) in [5, 5.41) is 6.80. The van der Waals surface area contributed by atoms with Gasteiger partial charge in [-0.15, -0.1) is 0 Å². The first-order valence-electron chi connectivity index (χ1n) is 7.25. The van der Waals surface area contributed by atoms with E-state index in [1.807, 2.05) is 62.4 Å². The Bertz CT molecular complexity index is 563. The van der Waals surface area contributed by atoms with Gasteiger partial charge in [0, 0.05) is 11.4 Å². The normalized spacial score (nSPS) is 9.08. The molecule has 7 heteroatoms. The van der Waals surface area contributed by atoms with Gasteiger partial charge in [-0.25, -0.2) is 0 Å². The summed E-state index contributed by atoms with van der Waals surface area (Å²) in [5.41, 5.74) is 1.82. The minimum Gasteiger partial charge on any atom is -1.00 e. The van der Waals surface area contributed by atoms with Crippen LogP contribution in [0.2, 0.25) is 0 Å². The Labute approximate surface area is 167 Å². The maximum Gasteiger partial charge on any atom is 2.00 e. The molecule has 2 aromatic carbocycles. The number of ether oxygens (including phenoxy) is 2. The molecule has 0 aliphatic rings. The molecule has 5 nitrogen and oxygen atoms in total. The smallest absolute Gasteiger partial charge is 1.00 e. The van der Waals surface area contributed by atoms with Crippen LogP contribution in [-0.2, 0) is 0 Å². The zero-order valence-corrected chi connectivity index (χ0v) is 16.4. The number of thiocarbonyl (C=S) groups is 1. The second-order valence-electron chi connectivity index (χ2n) is 4.49. The van der Waals surface area contributed by atoms with Crippen LogP contribution in [0, 0.1) is 0 Å². The maximum atomic E-state index is 5.40. The van der Waals surface area contributed by atoms with Crippen molar-refractivity contribution in [1.29, 1.82) is 0 Å². The van der Waals surface area contributed by atoms with Crippen molar-refractivity contribution in [3.63, 3.8) is 0 Å². The van der Waals surface area contributed by atoms with Crippen LogP contribution in [-0.4, -0.2) is 41.4 Å². The van der Waals surface area contributed by atoms with Gasteiger partial charge < -0.3 is 29.1 Å². The van der Waals surface area contributed by atoms with E-state index in [9.17, 15) is 0 Å². The minimum absolute atomic E-state index is 0. The Hall–Kier alpha value is -1.54. The van der Waals surface area contributed by atoms with Crippen LogP contribution in [0.25, 0.3) is 0 Å². The van der Waals surface area contributed by atoms with Crippen molar-refractivity contribution in [3.05, 3.63) is 48.5 Å². The largest absolute Gasteiger partial charge is 2.00 e. The number of nitrogens with one attached hydrogen (secondary N) is 2. The van der Waals surface area contributed by atoms with Gasteiger partial charge in [-0.1, -0.05) is 0 Å². The van der Waals surface area contributed by atoms with Crippen LogP contribution < -0.4 is 26.3 Å². The summed E-state index contributed by atoms with van der Waals surface area (Å²) in [6.45, 7) is 5.24. The summed E-state index contributed by atoms with van der Waals surface area (Å²) in [6.07, 6.45) is 0. The van der Waals surface area contributed by atoms with Gasteiger partial charge >= 0.3 is 23.1 Å². The van der Waals surface area contributed by atoms with E-state index in [2.05, 4.69) is 10.6 Å². The fourth-order valence-electron chi connectivity index (χ4n) is 1.90. The Kier molecular flexibility index (Phi) is 11.1. The van der Waals surface area contributed by atoms with Crippen LogP contribution in [0.15, 0.2) is 48.5 Å². The number of hydrogen-bond donors (Lipinski definition) is 3. The van der Waals surface area contributed by atoms with Gasteiger partial charge in [0.15, 0.2) is 5.11 Å². The predicted molar refractivity (Wildman–Crippen MR) is 108 cm³/mol. The van der Waals surface area contributed by atoms with E-state index in [-0.39, 0.29) is 32.1 Å². The fourth-order valence-corrected chi connectivity index (χ4v) is 2.13. The molecule has 0 fully saturated rings. The molecule has 0 amide bonds. The number of rotatable bonds is 6. The molecular formula is C17H25MgN3O2S. The van der Waals surface area contributed by atoms with Crippen molar-refractivity contribution in [1.82, 2.24) is 6.15 Å². The van der Waals surface area contributed by atoms with Crippen LogP contribution in [0.5, 0.6) is 11.5 Å². The molecule has 0 aromatic heterocycles. The average molecular weight is 360 g/mol. The van der Waals surface area contributed by atoms with E-state index in [0.29, 0.717) is 18.3 Å². The molecule has 0 saturated carbocycles. The molecule has 0 aliphatic carbocycles. The Morgan fingerprint density at radius 3 is 1.46 bits per heavy atom. The summed E-state index contributed by atoms with van der Waals surface area (Å²) in [5.74, 6) is 1.69. The van der Waals surface area contributed by atoms with Gasteiger partial charge in [0.2, 0.25) is 0 Å². The summed E-state index contributed by atoms with van der Waals surface area (Å²) in [6, 6.07) is 15.3. The molecule has 0 heterocycles. The van der Waals surface area contributed by atoms with Crippen LogP contribution in [0.4, 0.5) is 11.4 Å². The molecule has 24 heavy (non-hydrogen) atoms. The Balaban J connectivity index is -0.00000132. The third-order valence-corrected chi connectivity index (χ3v) is 3.05. The van der Waals surface area contributed by atoms with E-state index in [1.165, 1.54) is 0 Å². The molecule has 0 unspecified atom stereocenters. The van der Waals surface area contributed by atoms with Gasteiger partial charge in [-0.3, -0.25) is 0 Å². The SMILES string of the molecule is CCOc1ccc(NC(=S)Nc2ccc(OCC)cc2)cc1.N.[H-].[H-].[Mg+2]. The molecule has 0 saturated heterocycles. The van der Waals surface area contributed by atoms with E-state index in [4.69, 9.17) is 21.7 Å². The van der Waals surface area contributed by atoms with Gasteiger partial charge in [0.1, 0.15) is 11.5 Å². The van der Waals surface area contributed by atoms with Crippen molar-refractivity contribution in [3.8, 4) is 11.5 Å². The quantitative estimate of drug-likeness (QED) is 0.527. The fraction of sp³-hybridized carbons (Fsp3) is 0.235. The van der Waals surface area contributed by atoms with Crippen molar-refractivity contribution >= 4 is 51.8 Å². The van der Waals surface area contributed by atoms with Gasteiger partial charge in [0.05, 0.1) is 13.2 Å². The third kappa shape index (κ3) is 7.35. The van der Waals surface area contributed by atoms with E-state index < -0.39 is 0 Å². The predicted octanol–water partition coefficient (Wildman–Crippen LogP) is 4.30. The third-order valence-electron chi connectivity index (χ3n) is 2.85. The van der Waals surface area contributed by atoms with Crippen LogP contribution in [0.1, 0.15) is 16.7 Å².